The van der Waals surface area contributed by atoms with Crippen molar-refractivity contribution in [2.24, 2.45) is 0 Å². The molecule has 1 saturated heterocycles. The Kier molecular flexibility index (Phi) is 7.62. The average Bonchev–Trinajstić information content (AvgIpc) is 3.28. The number of thioether (sulfide) groups is 1. The van der Waals surface area contributed by atoms with Gasteiger partial charge in [-0.1, -0.05) is 40.2 Å². The Morgan fingerprint density at radius 2 is 1.83 bits per heavy atom. The second-order valence-corrected chi connectivity index (χ2v) is 9.55. The molecule has 35 heavy (non-hydrogen) atoms. The number of benzene rings is 2. The normalized spacial score (nSPS) is 24.5. The number of halogens is 4. The minimum absolute atomic E-state index is 0.0151. The number of aliphatic hydroxyl groups excluding tert-OH is 3. The van der Waals surface area contributed by atoms with Crippen LogP contribution in [0.4, 0.5) is 8.78 Å². The van der Waals surface area contributed by atoms with E-state index in [0.717, 1.165) is 28.6 Å². The minimum atomic E-state index is -1.48. The lowest BCUT2D eigenvalue weighted by Crippen LogP contribution is -2.55. The maximum Gasteiger partial charge on any atom is 0.336 e. The molecule has 5 atom stereocenters. The molecule has 9 nitrogen and oxygen atoms in total. The third-order valence-electron chi connectivity index (χ3n) is 5.36. The van der Waals surface area contributed by atoms with E-state index >= 15 is 0 Å². The molecule has 1 aromatic heterocycles. The van der Waals surface area contributed by atoms with Crippen LogP contribution in [0.2, 0.25) is 10.0 Å². The van der Waals surface area contributed by atoms with Gasteiger partial charge in [0.15, 0.2) is 0 Å². The number of aromatic nitrogens is 3. The van der Waals surface area contributed by atoms with E-state index in [-0.39, 0.29) is 26.7 Å². The van der Waals surface area contributed by atoms with Crippen molar-refractivity contribution in [1.82, 2.24) is 15.0 Å². The van der Waals surface area contributed by atoms with Gasteiger partial charge in [-0.25, -0.2) is 18.3 Å². The van der Waals surface area contributed by atoms with E-state index in [9.17, 15) is 34.0 Å². The molecular weight excluding hydrogens is 531 g/mol. The van der Waals surface area contributed by atoms with Crippen LogP contribution in [-0.2, 0) is 4.74 Å². The highest BCUT2D eigenvalue weighted by Crippen LogP contribution is 2.40. The van der Waals surface area contributed by atoms with Crippen LogP contribution < -0.4 is 0 Å². The number of carboxylic acids is 1. The standard InChI is InChI=1S/C21H17Cl2F2N3O6S/c22-9-1-2-10(20(32)33)15(5-9)35-21-19(31)17(18(30)14(7-29)34-21)28-6-13(26-27-28)8-3-11(24)16(23)12(25)4-8/h1-6,14,17-19,21,29-31H,7H2,(H,32,33)/t14?,17?,18-,19-,21+/m0/s1. The molecular formula is C21H17Cl2F2N3O6S. The number of ether oxygens (including phenoxy) is 1. The monoisotopic (exact) mass is 547 g/mol. The Labute approximate surface area is 210 Å². The van der Waals surface area contributed by atoms with E-state index in [1.807, 2.05) is 0 Å². The van der Waals surface area contributed by atoms with Crippen LogP contribution in [0.5, 0.6) is 0 Å². The number of hydrogen-bond acceptors (Lipinski definition) is 8. The van der Waals surface area contributed by atoms with Crippen LogP contribution in [0.25, 0.3) is 11.3 Å². The molecule has 4 N–H and O–H groups in total. The topological polar surface area (TPSA) is 138 Å². The molecule has 0 radical (unpaired) electrons. The highest BCUT2D eigenvalue weighted by molar-refractivity contribution is 8.00. The molecule has 0 spiro atoms. The summed E-state index contributed by atoms with van der Waals surface area (Å²) in [6, 6.07) is 4.78. The van der Waals surface area contributed by atoms with E-state index < -0.39 is 59.0 Å². The third kappa shape index (κ3) is 5.14. The third-order valence-corrected chi connectivity index (χ3v) is 7.17. The molecule has 3 aromatic rings. The molecule has 1 fully saturated rings. The first-order valence-corrected chi connectivity index (χ1v) is 11.6. The number of aromatic carboxylic acids is 1. The zero-order valence-electron chi connectivity index (χ0n) is 17.4. The summed E-state index contributed by atoms with van der Waals surface area (Å²) >= 11 is 12.3. The Hall–Kier alpha value is -2.32. The van der Waals surface area contributed by atoms with Gasteiger partial charge in [-0.2, -0.15) is 0 Å². The molecule has 2 heterocycles. The van der Waals surface area contributed by atoms with E-state index in [1.54, 1.807) is 0 Å². The van der Waals surface area contributed by atoms with Crippen molar-refractivity contribution >= 4 is 40.9 Å². The highest BCUT2D eigenvalue weighted by Gasteiger charge is 2.46. The van der Waals surface area contributed by atoms with E-state index in [4.69, 9.17) is 27.9 Å². The molecule has 4 rings (SSSR count). The van der Waals surface area contributed by atoms with Crippen molar-refractivity contribution in [3.05, 3.63) is 63.8 Å². The van der Waals surface area contributed by atoms with Crippen LogP contribution in [0, 0.1) is 11.6 Å². The van der Waals surface area contributed by atoms with E-state index in [0.29, 0.717) is 0 Å². The van der Waals surface area contributed by atoms with Crippen LogP contribution in [0.1, 0.15) is 16.4 Å². The number of rotatable bonds is 6. The quantitative estimate of drug-likeness (QED) is 0.343. The van der Waals surface area contributed by atoms with Gasteiger partial charge in [0.25, 0.3) is 0 Å². The molecule has 186 valence electrons. The largest absolute Gasteiger partial charge is 0.478 e. The van der Waals surface area contributed by atoms with Crippen molar-refractivity contribution < 1.29 is 38.7 Å². The van der Waals surface area contributed by atoms with Gasteiger partial charge in [-0.3, -0.25) is 0 Å². The smallest absolute Gasteiger partial charge is 0.336 e. The van der Waals surface area contributed by atoms with Crippen molar-refractivity contribution in [3.63, 3.8) is 0 Å². The molecule has 1 aliphatic rings. The van der Waals surface area contributed by atoms with Gasteiger partial charge in [0.2, 0.25) is 0 Å². The van der Waals surface area contributed by atoms with Crippen LogP contribution in [0.3, 0.4) is 0 Å². The number of hydrogen-bond donors (Lipinski definition) is 4. The van der Waals surface area contributed by atoms with Gasteiger partial charge in [0.1, 0.15) is 52.1 Å². The van der Waals surface area contributed by atoms with Gasteiger partial charge in [0, 0.05) is 15.5 Å². The van der Waals surface area contributed by atoms with Crippen LogP contribution in [0.15, 0.2) is 41.4 Å². The lowest BCUT2D eigenvalue weighted by molar-refractivity contribution is -0.178. The second kappa shape index (κ2) is 10.3. The Morgan fingerprint density at radius 3 is 2.46 bits per heavy atom. The molecule has 2 aromatic carbocycles. The van der Waals surface area contributed by atoms with Crippen molar-refractivity contribution in [1.29, 1.82) is 0 Å². The Bertz CT molecular complexity index is 1240. The number of aliphatic hydroxyl groups is 3. The zero-order valence-corrected chi connectivity index (χ0v) is 19.8. The molecule has 0 aliphatic carbocycles. The first-order valence-electron chi connectivity index (χ1n) is 9.99. The van der Waals surface area contributed by atoms with Crippen molar-refractivity contribution in [3.8, 4) is 11.3 Å². The summed E-state index contributed by atoms with van der Waals surface area (Å²) in [4.78, 5) is 11.8. The summed E-state index contributed by atoms with van der Waals surface area (Å²) in [6.07, 6.45) is -2.86. The summed E-state index contributed by atoms with van der Waals surface area (Å²) in [7, 11) is 0. The maximum atomic E-state index is 13.9. The number of nitrogens with zero attached hydrogens (tertiary/aromatic N) is 3. The molecule has 0 amide bonds. The first-order chi connectivity index (χ1) is 16.6. The number of carbonyl (C=O) groups is 1. The summed E-state index contributed by atoms with van der Waals surface area (Å²) in [5.74, 6) is -3.24. The minimum Gasteiger partial charge on any atom is -0.478 e. The molecule has 2 unspecified atom stereocenters. The molecule has 0 saturated carbocycles. The fourth-order valence-electron chi connectivity index (χ4n) is 3.63. The van der Waals surface area contributed by atoms with Gasteiger partial charge >= 0.3 is 5.97 Å². The van der Waals surface area contributed by atoms with Crippen molar-refractivity contribution in [2.45, 2.75) is 34.7 Å². The first kappa shape index (κ1) is 25.8. The Balaban J connectivity index is 1.67. The van der Waals surface area contributed by atoms with Crippen molar-refractivity contribution in [2.75, 3.05) is 6.61 Å². The van der Waals surface area contributed by atoms with Crippen LogP contribution in [-0.4, -0.2) is 71.7 Å². The van der Waals surface area contributed by atoms with Crippen LogP contribution >= 0.6 is 35.0 Å². The SMILES string of the molecule is O=C(O)c1ccc(Cl)cc1S[C@H]1OC(CO)[C@H](O)C(n2cc(-c3cc(F)c(Cl)c(F)c3)nn2)[C@@H]1O. The molecule has 1 aliphatic heterocycles. The number of carboxylic acid groups (broad SMARTS) is 1. The predicted molar refractivity (Wildman–Crippen MR) is 121 cm³/mol. The van der Waals surface area contributed by atoms with Gasteiger partial charge in [0.05, 0.1) is 18.4 Å². The lowest BCUT2D eigenvalue weighted by atomic mass is 9.97. The summed E-state index contributed by atoms with van der Waals surface area (Å²) < 4.78 is 34.5. The molecule has 14 heteroatoms. The van der Waals surface area contributed by atoms with E-state index in [1.165, 1.54) is 24.4 Å². The maximum absolute atomic E-state index is 13.9. The highest BCUT2D eigenvalue weighted by atomic mass is 35.5. The fourth-order valence-corrected chi connectivity index (χ4v) is 5.20. The van der Waals surface area contributed by atoms with E-state index in [2.05, 4.69) is 10.3 Å². The van der Waals surface area contributed by atoms with Gasteiger partial charge < -0.3 is 25.2 Å². The Morgan fingerprint density at radius 1 is 1.14 bits per heavy atom. The van der Waals surface area contributed by atoms with Gasteiger partial charge in [-0.05, 0) is 30.3 Å². The predicted octanol–water partition coefficient (Wildman–Crippen LogP) is 3.00. The van der Waals surface area contributed by atoms with Gasteiger partial charge in [-0.15, -0.1) is 5.10 Å². The second-order valence-electron chi connectivity index (χ2n) is 7.60. The average molecular weight is 548 g/mol. The summed E-state index contributed by atoms with van der Waals surface area (Å²) in [5, 5.41) is 48.3. The summed E-state index contributed by atoms with van der Waals surface area (Å²) in [6.45, 7) is -0.627. The molecule has 0 bridgehead atoms. The summed E-state index contributed by atoms with van der Waals surface area (Å²) in [5.41, 5.74) is -1.21. The zero-order chi connectivity index (χ0) is 25.4. The fraction of sp³-hybridized carbons (Fsp3) is 0.286. The lowest BCUT2D eigenvalue weighted by Gasteiger charge is -2.41.